The molecule has 2 atom stereocenters. The van der Waals surface area contributed by atoms with Gasteiger partial charge in [0.05, 0.1) is 11.7 Å². The molecule has 0 amide bonds. The molecule has 18 heavy (non-hydrogen) atoms. The van der Waals surface area contributed by atoms with Crippen LogP contribution >= 0.6 is 0 Å². The Kier molecular flexibility index (Phi) is 3.36. The highest BCUT2D eigenvalue weighted by Gasteiger charge is 2.42. The lowest BCUT2D eigenvalue weighted by Crippen LogP contribution is -2.47. The second kappa shape index (κ2) is 4.66. The topological polar surface area (TPSA) is 66.8 Å². The number of rotatable bonds is 4. The first-order chi connectivity index (χ1) is 8.47. The second-order valence-electron chi connectivity index (χ2n) is 4.46. The number of halogens is 1. The molecule has 5 heteroatoms. The average Bonchev–Trinajstić information content (AvgIpc) is 2.25. The molecule has 1 heterocycles. The molecule has 2 N–H and O–H groups in total. The molecule has 1 saturated heterocycles. The summed E-state index contributed by atoms with van der Waals surface area (Å²) in [5, 5.41) is 19.5. The van der Waals surface area contributed by atoms with Crippen molar-refractivity contribution in [3.05, 3.63) is 35.1 Å². The molecular formula is C13H15FO4. The third kappa shape index (κ3) is 2.11. The number of hydrogen-bond acceptors (Lipinski definition) is 3. The molecule has 4 nitrogen and oxygen atoms in total. The van der Waals surface area contributed by atoms with E-state index in [1.54, 1.807) is 6.92 Å². The number of carboxylic acids is 1. The van der Waals surface area contributed by atoms with Gasteiger partial charge in [-0.3, -0.25) is 0 Å². The van der Waals surface area contributed by atoms with Crippen LogP contribution in [0, 0.1) is 5.82 Å². The summed E-state index contributed by atoms with van der Waals surface area (Å²) in [6, 6.07) is 3.40. The third-order valence-corrected chi connectivity index (χ3v) is 3.42. The summed E-state index contributed by atoms with van der Waals surface area (Å²) in [4.78, 5) is 10.9. The Morgan fingerprint density at radius 1 is 1.56 bits per heavy atom. The zero-order valence-electron chi connectivity index (χ0n) is 10.0. The van der Waals surface area contributed by atoms with Crippen LogP contribution in [-0.4, -0.2) is 28.9 Å². The van der Waals surface area contributed by atoms with Crippen LogP contribution in [0.1, 0.15) is 35.7 Å². The predicted octanol–water partition coefficient (Wildman–Crippen LogP) is 1.91. The highest BCUT2D eigenvalue weighted by molar-refractivity contribution is 5.87. The maximum Gasteiger partial charge on any atom is 0.335 e. The molecule has 0 radical (unpaired) electrons. The van der Waals surface area contributed by atoms with Gasteiger partial charge in [0, 0.05) is 13.0 Å². The molecule has 0 bridgehead atoms. The van der Waals surface area contributed by atoms with E-state index in [1.165, 1.54) is 6.07 Å². The van der Waals surface area contributed by atoms with Gasteiger partial charge in [-0.25, -0.2) is 9.18 Å². The van der Waals surface area contributed by atoms with Crippen molar-refractivity contribution in [2.75, 3.05) is 6.61 Å². The minimum Gasteiger partial charge on any atom is -0.478 e. The average molecular weight is 254 g/mol. The summed E-state index contributed by atoms with van der Waals surface area (Å²) in [7, 11) is 0. The first kappa shape index (κ1) is 13.0. The molecule has 1 aromatic carbocycles. The van der Waals surface area contributed by atoms with Crippen LogP contribution in [0.4, 0.5) is 4.39 Å². The van der Waals surface area contributed by atoms with Crippen LogP contribution in [0.15, 0.2) is 18.2 Å². The Hall–Kier alpha value is -1.46. The summed E-state index contributed by atoms with van der Waals surface area (Å²) < 4.78 is 18.7. The van der Waals surface area contributed by atoms with Gasteiger partial charge in [0.25, 0.3) is 0 Å². The van der Waals surface area contributed by atoms with Crippen molar-refractivity contribution in [1.29, 1.82) is 0 Å². The van der Waals surface area contributed by atoms with Crippen molar-refractivity contribution in [3.8, 4) is 0 Å². The van der Waals surface area contributed by atoms with Gasteiger partial charge in [-0.1, -0.05) is 6.92 Å². The molecule has 1 aliphatic rings. The van der Waals surface area contributed by atoms with Gasteiger partial charge < -0.3 is 14.9 Å². The first-order valence-corrected chi connectivity index (χ1v) is 5.85. The minimum atomic E-state index is -1.33. The molecule has 0 aliphatic carbocycles. The SMILES string of the molecule is CCC(O)(c1cc(F)cc(C(=O)O)c1)C1CCO1. The summed E-state index contributed by atoms with van der Waals surface area (Å²) in [5.74, 6) is -1.89. The van der Waals surface area contributed by atoms with E-state index >= 15 is 0 Å². The fourth-order valence-corrected chi connectivity index (χ4v) is 2.19. The standard InChI is InChI=1S/C13H15FO4/c1-2-13(17,11-3-4-18-11)9-5-8(12(15)16)6-10(14)7-9/h5-7,11,17H,2-4H2,1H3,(H,15,16). The maximum absolute atomic E-state index is 13.4. The van der Waals surface area contributed by atoms with Gasteiger partial charge in [0.1, 0.15) is 11.4 Å². The van der Waals surface area contributed by atoms with Crippen molar-refractivity contribution in [3.63, 3.8) is 0 Å². The maximum atomic E-state index is 13.4. The largest absolute Gasteiger partial charge is 0.478 e. The Morgan fingerprint density at radius 2 is 2.22 bits per heavy atom. The molecule has 1 aromatic rings. The molecular weight excluding hydrogens is 239 g/mol. The lowest BCUT2D eigenvalue weighted by molar-refractivity contribution is -0.178. The van der Waals surface area contributed by atoms with Gasteiger partial charge in [-0.15, -0.1) is 0 Å². The third-order valence-electron chi connectivity index (χ3n) is 3.42. The Morgan fingerprint density at radius 3 is 2.67 bits per heavy atom. The van der Waals surface area contributed by atoms with E-state index in [0.29, 0.717) is 19.4 Å². The van der Waals surface area contributed by atoms with E-state index < -0.39 is 23.5 Å². The Labute approximate surface area is 104 Å². The van der Waals surface area contributed by atoms with Crippen LogP contribution in [0.5, 0.6) is 0 Å². The summed E-state index contributed by atoms with van der Waals surface area (Å²) in [5.41, 5.74) is -1.24. The van der Waals surface area contributed by atoms with Crippen molar-refractivity contribution < 1.29 is 24.1 Å². The molecule has 0 aromatic heterocycles. The molecule has 98 valence electrons. The fourth-order valence-electron chi connectivity index (χ4n) is 2.19. The quantitative estimate of drug-likeness (QED) is 0.861. The molecule has 0 spiro atoms. The van der Waals surface area contributed by atoms with Crippen LogP contribution in [0.25, 0.3) is 0 Å². The van der Waals surface area contributed by atoms with E-state index in [4.69, 9.17) is 9.84 Å². The number of carbonyl (C=O) groups is 1. The Balaban J connectivity index is 2.44. The molecule has 1 fully saturated rings. The summed E-state index contributed by atoms with van der Waals surface area (Å²) in [6.07, 6.45) is 0.620. The molecule has 0 saturated carbocycles. The highest BCUT2D eigenvalue weighted by atomic mass is 19.1. The minimum absolute atomic E-state index is 0.170. The lowest BCUT2D eigenvalue weighted by Gasteiger charge is -2.41. The van der Waals surface area contributed by atoms with E-state index in [1.807, 2.05) is 0 Å². The monoisotopic (exact) mass is 254 g/mol. The van der Waals surface area contributed by atoms with Gasteiger partial charge in [-0.05, 0) is 30.2 Å². The number of aliphatic hydroxyl groups is 1. The number of hydrogen-bond donors (Lipinski definition) is 2. The van der Waals surface area contributed by atoms with Crippen molar-refractivity contribution in [2.45, 2.75) is 31.5 Å². The molecule has 2 rings (SSSR count). The van der Waals surface area contributed by atoms with Crippen LogP contribution < -0.4 is 0 Å². The van der Waals surface area contributed by atoms with Crippen LogP contribution in [0.3, 0.4) is 0 Å². The molecule has 1 aliphatic heterocycles. The Bertz CT molecular complexity index is 470. The van der Waals surface area contributed by atoms with Gasteiger partial charge in [0.15, 0.2) is 0 Å². The van der Waals surface area contributed by atoms with Crippen molar-refractivity contribution in [2.24, 2.45) is 0 Å². The summed E-state index contributed by atoms with van der Waals surface area (Å²) in [6.45, 7) is 2.32. The highest BCUT2D eigenvalue weighted by Crippen LogP contribution is 2.37. The van der Waals surface area contributed by atoms with Crippen LogP contribution in [0.2, 0.25) is 0 Å². The first-order valence-electron chi connectivity index (χ1n) is 5.85. The molecule has 2 unspecified atom stereocenters. The van der Waals surface area contributed by atoms with E-state index in [9.17, 15) is 14.3 Å². The van der Waals surface area contributed by atoms with Gasteiger partial charge in [-0.2, -0.15) is 0 Å². The zero-order valence-corrected chi connectivity index (χ0v) is 10.0. The number of carboxylic acid groups (broad SMARTS) is 1. The van der Waals surface area contributed by atoms with Crippen LogP contribution in [-0.2, 0) is 10.3 Å². The van der Waals surface area contributed by atoms with E-state index in [0.717, 1.165) is 12.1 Å². The number of benzene rings is 1. The summed E-state index contributed by atoms with van der Waals surface area (Å²) >= 11 is 0. The predicted molar refractivity (Wildman–Crippen MR) is 61.9 cm³/mol. The van der Waals surface area contributed by atoms with Gasteiger partial charge in [0.2, 0.25) is 0 Å². The van der Waals surface area contributed by atoms with Crippen molar-refractivity contribution in [1.82, 2.24) is 0 Å². The zero-order chi connectivity index (χ0) is 13.3. The lowest BCUT2D eigenvalue weighted by atomic mass is 9.81. The smallest absolute Gasteiger partial charge is 0.335 e. The second-order valence-corrected chi connectivity index (χ2v) is 4.46. The fraction of sp³-hybridized carbons (Fsp3) is 0.462. The van der Waals surface area contributed by atoms with E-state index in [-0.39, 0.29) is 11.1 Å². The van der Waals surface area contributed by atoms with Crippen molar-refractivity contribution >= 4 is 5.97 Å². The number of ether oxygens (including phenoxy) is 1. The number of aromatic carboxylic acids is 1. The van der Waals surface area contributed by atoms with E-state index in [2.05, 4.69) is 0 Å². The normalized spacial score (nSPS) is 22.1. The van der Waals surface area contributed by atoms with Gasteiger partial charge >= 0.3 is 5.97 Å².